The van der Waals surface area contributed by atoms with Crippen molar-refractivity contribution in [2.24, 2.45) is 0 Å². The van der Waals surface area contributed by atoms with Gasteiger partial charge in [0, 0.05) is 51.1 Å². The largest absolute Gasteiger partial charge is 0.432 e. The SMILES string of the molecule is CN(C)c1ncc(CN2CCC[C@@H](c3ncc(C(F)(F)F)[nH]3)C2)cn1. The number of imidazole rings is 1. The number of hydrogen-bond donors (Lipinski definition) is 1. The maximum atomic E-state index is 12.7. The summed E-state index contributed by atoms with van der Waals surface area (Å²) in [5.74, 6) is 1.04. The van der Waals surface area contributed by atoms with Gasteiger partial charge in [0.1, 0.15) is 11.5 Å². The lowest BCUT2D eigenvalue weighted by molar-refractivity contribution is -0.141. The zero-order chi connectivity index (χ0) is 18.0. The molecule has 1 N–H and O–H groups in total. The first-order valence-electron chi connectivity index (χ1n) is 8.15. The summed E-state index contributed by atoms with van der Waals surface area (Å²) < 4.78 is 38.2. The molecule has 136 valence electrons. The molecule has 2 aromatic heterocycles. The third-order valence-electron chi connectivity index (χ3n) is 4.29. The Morgan fingerprint density at radius 2 is 1.92 bits per heavy atom. The molecule has 25 heavy (non-hydrogen) atoms. The highest BCUT2D eigenvalue weighted by Crippen LogP contribution is 2.31. The molecule has 3 heterocycles. The standard InChI is InChI=1S/C16H21F3N6/c1-24(2)15-21-6-11(7-22-15)9-25-5-3-4-12(10-25)14-20-8-13(23-14)16(17,18)19/h6-8,12H,3-5,9-10H2,1-2H3,(H,20,23)/t12-/m1/s1. The summed E-state index contributed by atoms with van der Waals surface area (Å²) in [6.07, 6.45) is 1.83. The number of likely N-dealkylation sites (tertiary alicyclic amines) is 1. The molecule has 0 spiro atoms. The molecule has 1 saturated heterocycles. The number of aromatic nitrogens is 4. The number of halogens is 3. The molecule has 1 aliphatic heterocycles. The van der Waals surface area contributed by atoms with Crippen LogP contribution in [0.5, 0.6) is 0 Å². The number of alkyl halides is 3. The van der Waals surface area contributed by atoms with Gasteiger partial charge in [0.15, 0.2) is 0 Å². The highest BCUT2D eigenvalue weighted by molar-refractivity contribution is 5.26. The van der Waals surface area contributed by atoms with Crippen molar-refractivity contribution >= 4 is 5.95 Å². The van der Waals surface area contributed by atoms with Crippen LogP contribution in [0.1, 0.15) is 35.8 Å². The minimum atomic E-state index is -4.38. The molecule has 0 aromatic carbocycles. The molecule has 0 amide bonds. The van der Waals surface area contributed by atoms with Crippen molar-refractivity contribution in [3.05, 3.63) is 35.7 Å². The summed E-state index contributed by atoms with van der Waals surface area (Å²) in [6.45, 7) is 2.25. The summed E-state index contributed by atoms with van der Waals surface area (Å²) in [6, 6.07) is 0. The van der Waals surface area contributed by atoms with E-state index >= 15 is 0 Å². The Bertz CT molecular complexity index is 695. The molecule has 2 aromatic rings. The van der Waals surface area contributed by atoms with Crippen molar-refractivity contribution in [2.75, 3.05) is 32.1 Å². The van der Waals surface area contributed by atoms with Crippen molar-refractivity contribution < 1.29 is 13.2 Å². The Labute approximate surface area is 144 Å². The minimum absolute atomic E-state index is 0.0215. The molecule has 0 aliphatic carbocycles. The number of aromatic amines is 1. The lowest BCUT2D eigenvalue weighted by Crippen LogP contribution is -2.34. The molecule has 0 radical (unpaired) electrons. The van der Waals surface area contributed by atoms with Gasteiger partial charge in [0.25, 0.3) is 0 Å². The molecule has 6 nitrogen and oxygen atoms in total. The van der Waals surface area contributed by atoms with Gasteiger partial charge >= 0.3 is 6.18 Å². The van der Waals surface area contributed by atoms with E-state index in [1.807, 2.05) is 19.0 Å². The lowest BCUT2D eigenvalue weighted by Gasteiger charge is -2.31. The maximum Gasteiger partial charge on any atom is 0.432 e. The van der Waals surface area contributed by atoms with Gasteiger partial charge in [-0.25, -0.2) is 15.0 Å². The maximum absolute atomic E-state index is 12.7. The predicted molar refractivity (Wildman–Crippen MR) is 87.2 cm³/mol. The van der Waals surface area contributed by atoms with E-state index in [2.05, 4.69) is 24.8 Å². The van der Waals surface area contributed by atoms with Crippen LogP contribution in [-0.2, 0) is 12.7 Å². The Morgan fingerprint density at radius 3 is 2.52 bits per heavy atom. The predicted octanol–water partition coefficient (Wildman–Crippen LogP) is 2.66. The van der Waals surface area contributed by atoms with Crippen LogP contribution in [0.4, 0.5) is 19.1 Å². The average molecular weight is 354 g/mol. The molecule has 3 rings (SSSR count). The van der Waals surface area contributed by atoms with Crippen molar-refractivity contribution in [3.63, 3.8) is 0 Å². The highest BCUT2D eigenvalue weighted by atomic mass is 19.4. The summed E-state index contributed by atoms with van der Waals surface area (Å²) in [5, 5.41) is 0. The highest BCUT2D eigenvalue weighted by Gasteiger charge is 2.34. The third-order valence-corrected chi connectivity index (χ3v) is 4.29. The average Bonchev–Trinajstić information content (AvgIpc) is 3.06. The lowest BCUT2D eigenvalue weighted by atomic mass is 9.97. The van der Waals surface area contributed by atoms with Crippen LogP contribution < -0.4 is 4.90 Å². The third kappa shape index (κ3) is 4.28. The van der Waals surface area contributed by atoms with Crippen molar-refractivity contribution in [1.82, 2.24) is 24.8 Å². The Hall–Kier alpha value is -2.16. The van der Waals surface area contributed by atoms with Gasteiger partial charge in [0.2, 0.25) is 5.95 Å². The number of anilines is 1. The number of nitrogens with zero attached hydrogens (tertiary/aromatic N) is 5. The summed E-state index contributed by atoms with van der Waals surface area (Å²) >= 11 is 0. The van der Waals surface area contributed by atoms with Crippen LogP contribution in [0.25, 0.3) is 0 Å². The number of rotatable bonds is 4. The van der Waals surface area contributed by atoms with Crippen LogP contribution in [0.15, 0.2) is 18.6 Å². The summed E-state index contributed by atoms with van der Waals surface area (Å²) in [7, 11) is 3.76. The number of nitrogens with one attached hydrogen (secondary N) is 1. The van der Waals surface area contributed by atoms with E-state index in [1.54, 1.807) is 12.4 Å². The van der Waals surface area contributed by atoms with Crippen LogP contribution >= 0.6 is 0 Å². The van der Waals surface area contributed by atoms with Crippen LogP contribution in [-0.4, -0.2) is 52.0 Å². The second-order valence-corrected chi connectivity index (χ2v) is 6.54. The number of H-pyrrole nitrogens is 1. The van der Waals surface area contributed by atoms with E-state index in [0.29, 0.717) is 24.9 Å². The summed E-state index contributed by atoms with van der Waals surface area (Å²) in [5.41, 5.74) is 0.203. The van der Waals surface area contributed by atoms with Gasteiger partial charge in [-0.1, -0.05) is 0 Å². The Balaban J connectivity index is 1.64. The monoisotopic (exact) mass is 354 g/mol. The number of hydrogen-bond acceptors (Lipinski definition) is 5. The molecular formula is C16H21F3N6. The molecule has 0 unspecified atom stereocenters. The van der Waals surface area contributed by atoms with Gasteiger partial charge < -0.3 is 9.88 Å². The smallest absolute Gasteiger partial charge is 0.347 e. The molecule has 1 atom stereocenters. The van der Waals surface area contributed by atoms with Crippen LogP contribution in [0.3, 0.4) is 0 Å². The molecule has 1 fully saturated rings. The van der Waals surface area contributed by atoms with E-state index in [1.165, 1.54) is 0 Å². The first-order valence-corrected chi connectivity index (χ1v) is 8.15. The fourth-order valence-electron chi connectivity index (χ4n) is 3.03. The van der Waals surface area contributed by atoms with E-state index in [0.717, 1.165) is 31.1 Å². The zero-order valence-electron chi connectivity index (χ0n) is 14.2. The van der Waals surface area contributed by atoms with Gasteiger partial charge in [-0.2, -0.15) is 13.2 Å². The molecule has 9 heteroatoms. The molecule has 0 saturated carbocycles. The fraction of sp³-hybridized carbons (Fsp3) is 0.562. The van der Waals surface area contributed by atoms with Gasteiger partial charge in [-0.15, -0.1) is 0 Å². The normalized spacial score (nSPS) is 19.2. The Kier molecular flexibility index (Phi) is 4.94. The Morgan fingerprint density at radius 1 is 1.20 bits per heavy atom. The van der Waals surface area contributed by atoms with Gasteiger partial charge in [0.05, 0.1) is 6.20 Å². The van der Waals surface area contributed by atoms with E-state index in [9.17, 15) is 13.2 Å². The van der Waals surface area contributed by atoms with E-state index in [-0.39, 0.29) is 5.92 Å². The second kappa shape index (κ2) is 6.99. The first-order chi connectivity index (χ1) is 11.8. The van der Waals surface area contributed by atoms with Crippen molar-refractivity contribution in [2.45, 2.75) is 31.5 Å². The minimum Gasteiger partial charge on any atom is -0.347 e. The second-order valence-electron chi connectivity index (χ2n) is 6.54. The zero-order valence-corrected chi connectivity index (χ0v) is 14.2. The van der Waals surface area contributed by atoms with Crippen molar-refractivity contribution in [1.29, 1.82) is 0 Å². The van der Waals surface area contributed by atoms with E-state index < -0.39 is 11.9 Å². The fourth-order valence-corrected chi connectivity index (χ4v) is 3.03. The van der Waals surface area contributed by atoms with Gasteiger partial charge in [-0.3, -0.25) is 4.90 Å². The molecular weight excluding hydrogens is 333 g/mol. The molecule has 1 aliphatic rings. The molecule has 0 bridgehead atoms. The van der Waals surface area contributed by atoms with E-state index in [4.69, 9.17) is 0 Å². The number of piperidine rings is 1. The van der Waals surface area contributed by atoms with Crippen LogP contribution in [0, 0.1) is 0 Å². The first kappa shape index (κ1) is 17.7. The van der Waals surface area contributed by atoms with Crippen LogP contribution in [0.2, 0.25) is 0 Å². The summed E-state index contributed by atoms with van der Waals surface area (Å²) in [4.78, 5) is 19.0. The van der Waals surface area contributed by atoms with Gasteiger partial charge in [-0.05, 0) is 19.4 Å². The van der Waals surface area contributed by atoms with Crippen molar-refractivity contribution in [3.8, 4) is 0 Å². The topological polar surface area (TPSA) is 60.9 Å². The quantitative estimate of drug-likeness (QED) is 0.915.